The number of hydrogen-bond acceptors (Lipinski definition) is 8. The van der Waals surface area contributed by atoms with Crippen LogP contribution in [0.5, 0.6) is 0 Å². The monoisotopic (exact) mass is 676 g/mol. The van der Waals surface area contributed by atoms with E-state index in [9.17, 15) is 27.6 Å². The van der Waals surface area contributed by atoms with E-state index >= 15 is 0 Å². The average molecular weight is 677 g/mol. The molecule has 2 amide bonds. The van der Waals surface area contributed by atoms with E-state index < -0.39 is 41.7 Å². The minimum absolute atomic E-state index is 0.0525. The fourth-order valence-corrected chi connectivity index (χ4v) is 5.55. The molecule has 0 fully saturated rings. The van der Waals surface area contributed by atoms with Crippen molar-refractivity contribution in [2.45, 2.75) is 50.0 Å². The first-order valence-corrected chi connectivity index (χ1v) is 16.1. The first-order valence-electron chi connectivity index (χ1n) is 15.5. The molecular formula is C33H45F3N7O3S+. The molecule has 10 nitrogen and oxygen atoms in total. The Labute approximate surface area is 278 Å². The highest BCUT2D eigenvalue weighted by Crippen LogP contribution is 2.29. The van der Waals surface area contributed by atoms with Crippen molar-refractivity contribution < 1.29 is 32.0 Å². The maximum Gasteiger partial charge on any atom is 0.416 e. The lowest BCUT2D eigenvalue weighted by Crippen LogP contribution is -2.56. The third kappa shape index (κ3) is 11.6. The van der Waals surface area contributed by atoms with Crippen LogP contribution in [0.3, 0.4) is 0 Å². The number of quaternary nitrogens is 1. The van der Waals surface area contributed by atoms with Gasteiger partial charge in [0.05, 0.1) is 49.8 Å². The molecule has 1 aromatic heterocycles. The van der Waals surface area contributed by atoms with Gasteiger partial charge in [0.2, 0.25) is 11.8 Å². The molecule has 3 aromatic rings. The topological polar surface area (TPSA) is 166 Å². The predicted molar refractivity (Wildman–Crippen MR) is 179 cm³/mol. The number of halogens is 3. The second-order valence-corrected chi connectivity index (χ2v) is 12.4. The van der Waals surface area contributed by atoms with E-state index in [-0.39, 0.29) is 30.8 Å². The summed E-state index contributed by atoms with van der Waals surface area (Å²) in [5.74, 6) is -1.51. The fraction of sp³-hybridized carbons (Fsp3) is 0.455. The molecule has 0 radical (unpaired) electrons. The Kier molecular flexibility index (Phi) is 14.2. The minimum atomic E-state index is -4.52. The first-order chi connectivity index (χ1) is 22.3. The number of aromatic nitrogens is 1. The van der Waals surface area contributed by atoms with Gasteiger partial charge in [-0.05, 0) is 54.7 Å². The third-order valence-corrected chi connectivity index (χ3v) is 8.54. The number of alkyl halides is 3. The Hall–Kier alpha value is -3.56. The number of hydrogen-bond donors (Lipinski definition) is 6. The molecule has 0 aliphatic heterocycles. The maximum absolute atomic E-state index is 13.8. The van der Waals surface area contributed by atoms with Crippen LogP contribution in [-0.2, 0) is 33.4 Å². The van der Waals surface area contributed by atoms with Gasteiger partial charge < -0.3 is 32.3 Å². The van der Waals surface area contributed by atoms with E-state index in [1.807, 2.05) is 37.4 Å². The average Bonchev–Trinajstić information content (AvgIpc) is 3.03. The second kappa shape index (κ2) is 17.6. The van der Waals surface area contributed by atoms with E-state index in [2.05, 4.69) is 28.2 Å². The molecule has 14 heteroatoms. The number of ketones is 1. The lowest BCUT2D eigenvalue weighted by molar-refractivity contribution is -0.907. The molecule has 0 spiro atoms. The zero-order chi connectivity index (χ0) is 34.6. The van der Waals surface area contributed by atoms with Crippen molar-refractivity contribution >= 4 is 41.1 Å². The summed E-state index contributed by atoms with van der Waals surface area (Å²) < 4.78 is 40.2. The molecule has 0 aliphatic carbocycles. The molecule has 256 valence electrons. The van der Waals surface area contributed by atoms with Crippen molar-refractivity contribution in [3.63, 3.8) is 0 Å². The number of rotatable bonds is 18. The van der Waals surface area contributed by atoms with E-state index in [0.717, 1.165) is 23.0 Å². The number of benzene rings is 2. The standard InChI is InChI=1S/C33H44F3N7O3S/c1-43(15-12-37,16-13-38)14-4-7-28(41-31(45)26(39)21-47)32(46)42-29(18-22-8-10-25(11-9-22)33(34,35)36)30(44)19-23-17-24-5-2-3-6-27(24)40-20-23/h2-3,5-6,8-11,17,20,26,28-29H,4,7,12-16,18-19,21,37-39H2,1H3,(H2-,41,42,45,46,47)/p+1/t26-,28-,29+/m0/s1. The van der Waals surface area contributed by atoms with Crippen LogP contribution >= 0.6 is 12.6 Å². The molecule has 8 N–H and O–H groups in total. The van der Waals surface area contributed by atoms with Crippen molar-refractivity contribution in [3.8, 4) is 0 Å². The number of pyridine rings is 1. The predicted octanol–water partition coefficient (Wildman–Crippen LogP) is 1.98. The Balaban J connectivity index is 1.86. The van der Waals surface area contributed by atoms with Crippen LogP contribution in [0.1, 0.15) is 29.5 Å². The molecule has 0 aliphatic rings. The maximum atomic E-state index is 13.8. The lowest BCUT2D eigenvalue weighted by atomic mass is 9.96. The molecule has 0 unspecified atom stereocenters. The van der Waals surface area contributed by atoms with Crippen molar-refractivity contribution in [2.75, 3.05) is 45.5 Å². The van der Waals surface area contributed by atoms with Gasteiger partial charge >= 0.3 is 6.18 Å². The molecule has 47 heavy (non-hydrogen) atoms. The normalized spacial score (nSPS) is 14.0. The fourth-order valence-electron chi connectivity index (χ4n) is 5.39. The minimum Gasteiger partial charge on any atom is -0.344 e. The number of carbonyl (C=O) groups is 3. The SMILES string of the molecule is C[N+](CCN)(CCN)CCC[C@H](NC(=O)[C@@H](N)CS)C(=O)N[C@H](Cc1ccc(C(F)(F)F)cc1)C(=O)Cc1cnc2ccccc2c1. The number of fused-ring (bicyclic) bond motifs is 1. The summed E-state index contributed by atoms with van der Waals surface area (Å²) in [7, 11) is 2.02. The van der Waals surface area contributed by atoms with E-state index in [1.54, 1.807) is 6.20 Å². The summed E-state index contributed by atoms with van der Waals surface area (Å²) >= 11 is 4.08. The van der Waals surface area contributed by atoms with Crippen molar-refractivity contribution in [1.82, 2.24) is 15.6 Å². The molecule has 0 saturated heterocycles. The number of nitrogens with two attached hydrogens (primary N) is 3. The number of nitrogens with one attached hydrogen (secondary N) is 2. The molecule has 2 aromatic carbocycles. The van der Waals surface area contributed by atoms with Gasteiger partial charge in [-0.25, -0.2) is 0 Å². The Morgan fingerprint density at radius 1 is 0.915 bits per heavy atom. The Morgan fingerprint density at radius 3 is 2.17 bits per heavy atom. The number of thiol groups is 1. The molecule has 3 rings (SSSR count). The zero-order valence-electron chi connectivity index (χ0n) is 26.5. The van der Waals surface area contributed by atoms with E-state index in [0.29, 0.717) is 54.8 Å². The van der Waals surface area contributed by atoms with Crippen LogP contribution in [0.15, 0.2) is 60.8 Å². The summed E-state index contributed by atoms with van der Waals surface area (Å²) in [5.41, 5.74) is 18.4. The lowest BCUT2D eigenvalue weighted by Gasteiger charge is -2.34. The summed E-state index contributed by atoms with van der Waals surface area (Å²) in [4.78, 5) is 44.7. The van der Waals surface area contributed by atoms with Crippen LogP contribution in [0.2, 0.25) is 0 Å². The second-order valence-electron chi connectivity index (χ2n) is 12.0. The number of nitrogens with zero attached hydrogens (tertiary/aromatic N) is 2. The highest BCUT2D eigenvalue weighted by atomic mass is 32.1. The number of carbonyl (C=O) groups excluding carboxylic acids is 3. The van der Waals surface area contributed by atoms with Gasteiger partial charge in [0, 0.05) is 36.8 Å². The number of amides is 2. The molecule has 0 saturated carbocycles. The summed E-state index contributed by atoms with van der Waals surface area (Å²) in [5, 5.41) is 6.30. The van der Waals surface area contributed by atoms with Gasteiger partial charge in [0.25, 0.3) is 0 Å². The number of para-hydroxylation sites is 1. The molecule has 1 heterocycles. The highest BCUT2D eigenvalue weighted by molar-refractivity contribution is 7.80. The van der Waals surface area contributed by atoms with Crippen LogP contribution in [-0.4, -0.2) is 90.7 Å². The summed E-state index contributed by atoms with van der Waals surface area (Å²) in [6.45, 7) is 2.90. The number of Topliss-reactive ketones (excluding diaryl/α,β-unsaturated/α-hetero) is 1. The van der Waals surface area contributed by atoms with Gasteiger partial charge in [-0.3, -0.25) is 19.4 Å². The van der Waals surface area contributed by atoms with Gasteiger partial charge in [-0.1, -0.05) is 30.3 Å². The van der Waals surface area contributed by atoms with Gasteiger partial charge in [0.15, 0.2) is 5.78 Å². The van der Waals surface area contributed by atoms with Gasteiger partial charge in [-0.2, -0.15) is 25.8 Å². The first kappa shape index (κ1) is 37.9. The van der Waals surface area contributed by atoms with Crippen LogP contribution in [0.4, 0.5) is 13.2 Å². The number of likely N-dealkylation sites (N-methyl/N-ethyl adjacent to an activating group) is 1. The van der Waals surface area contributed by atoms with Crippen LogP contribution in [0, 0.1) is 0 Å². The molecule has 0 bridgehead atoms. The van der Waals surface area contributed by atoms with Gasteiger partial charge in [-0.15, -0.1) is 0 Å². The molecular weight excluding hydrogens is 631 g/mol. The molecule has 3 atom stereocenters. The zero-order valence-corrected chi connectivity index (χ0v) is 27.4. The third-order valence-electron chi connectivity index (χ3n) is 8.15. The van der Waals surface area contributed by atoms with Crippen LogP contribution in [0.25, 0.3) is 10.9 Å². The van der Waals surface area contributed by atoms with Crippen molar-refractivity contribution in [1.29, 1.82) is 0 Å². The summed E-state index contributed by atoms with van der Waals surface area (Å²) in [6, 6.07) is 10.6. The van der Waals surface area contributed by atoms with E-state index in [4.69, 9.17) is 17.2 Å². The van der Waals surface area contributed by atoms with E-state index in [1.165, 1.54) is 12.1 Å². The van der Waals surface area contributed by atoms with Crippen molar-refractivity contribution in [2.24, 2.45) is 17.2 Å². The Morgan fingerprint density at radius 2 is 1.55 bits per heavy atom. The quantitative estimate of drug-likeness (QED) is 0.0886. The highest BCUT2D eigenvalue weighted by Gasteiger charge is 2.32. The van der Waals surface area contributed by atoms with Crippen molar-refractivity contribution in [3.05, 3.63) is 77.5 Å². The summed E-state index contributed by atoms with van der Waals surface area (Å²) in [6.07, 6.45) is -2.34. The Bertz CT molecular complexity index is 1480. The van der Waals surface area contributed by atoms with Crippen LogP contribution < -0.4 is 27.8 Å². The largest absolute Gasteiger partial charge is 0.416 e. The van der Waals surface area contributed by atoms with Gasteiger partial charge in [0.1, 0.15) is 6.04 Å². The smallest absolute Gasteiger partial charge is 0.344 e.